The van der Waals surface area contributed by atoms with Gasteiger partial charge in [0.1, 0.15) is 9.39 Å². The molecule has 0 unspecified atom stereocenters. The summed E-state index contributed by atoms with van der Waals surface area (Å²) < 4.78 is 0.559. The third kappa shape index (κ3) is 2.18. The Labute approximate surface area is 82.9 Å². The van der Waals surface area contributed by atoms with Crippen molar-refractivity contribution in [1.29, 1.82) is 0 Å². The number of hydrogen-bond acceptors (Lipinski definition) is 4. The Balaban J connectivity index is 2.85. The van der Waals surface area contributed by atoms with E-state index in [-0.39, 0.29) is 5.56 Å². The summed E-state index contributed by atoms with van der Waals surface area (Å²) in [6.07, 6.45) is 1.36. The molecule has 0 aliphatic rings. The first-order chi connectivity index (χ1) is 5.75. The molecule has 0 aliphatic carbocycles. The summed E-state index contributed by atoms with van der Waals surface area (Å²) in [6, 6.07) is 0. The Morgan fingerprint density at radius 1 is 1.75 bits per heavy atom. The van der Waals surface area contributed by atoms with Crippen LogP contribution in [0.1, 0.15) is 0 Å². The van der Waals surface area contributed by atoms with Crippen LogP contribution in [-0.4, -0.2) is 23.1 Å². The summed E-state index contributed by atoms with van der Waals surface area (Å²) in [7, 11) is 0. The molecule has 1 aromatic heterocycles. The predicted octanol–water partition coefficient (Wildman–Crippen LogP) is -0.255. The number of halogens is 1. The van der Waals surface area contributed by atoms with Gasteiger partial charge in [-0.15, -0.1) is 0 Å². The average molecular weight is 280 g/mol. The van der Waals surface area contributed by atoms with Gasteiger partial charge in [0.05, 0.1) is 6.33 Å². The lowest BCUT2D eigenvalue weighted by atomic mass is 10.5. The molecule has 1 aromatic rings. The van der Waals surface area contributed by atoms with E-state index in [0.717, 1.165) is 0 Å². The topological polar surface area (TPSA) is 83.8 Å². The fourth-order valence-electron chi connectivity index (χ4n) is 0.697. The maximum Gasteiger partial charge on any atom is 0.266 e. The number of nitrogens with zero attached hydrogens (tertiary/aromatic N) is 1. The van der Waals surface area contributed by atoms with Crippen LogP contribution in [-0.2, 0) is 0 Å². The van der Waals surface area contributed by atoms with E-state index >= 15 is 0 Å². The molecule has 1 rings (SSSR count). The number of aromatic nitrogens is 2. The molecule has 0 radical (unpaired) electrons. The standard InChI is InChI=1S/C6H9IN4O/c7-4-5(9-2-1-8)10-3-11-6(4)12/h3H,1-2,8H2,(H2,9,10,11,12). The number of aromatic amines is 1. The Bertz CT molecular complexity index is 311. The van der Waals surface area contributed by atoms with Crippen molar-refractivity contribution in [3.05, 3.63) is 20.3 Å². The summed E-state index contributed by atoms with van der Waals surface area (Å²) in [5, 5.41) is 2.94. The van der Waals surface area contributed by atoms with Gasteiger partial charge in [-0.1, -0.05) is 0 Å². The van der Waals surface area contributed by atoms with Crippen LogP contribution < -0.4 is 16.6 Å². The van der Waals surface area contributed by atoms with E-state index in [1.807, 2.05) is 22.6 Å². The van der Waals surface area contributed by atoms with Crippen LogP contribution in [0.2, 0.25) is 0 Å². The van der Waals surface area contributed by atoms with Crippen LogP contribution in [0.3, 0.4) is 0 Å². The van der Waals surface area contributed by atoms with Gasteiger partial charge < -0.3 is 16.0 Å². The molecule has 6 heteroatoms. The van der Waals surface area contributed by atoms with Crippen molar-refractivity contribution in [1.82, 2.24) is 9.97 Å². The van der Waals surface area contributed by atoms with Gasteiger partial charge in [-0.25, -0.2) is 4.98 Å². The molecule has 4 N–H and O–H groups in total. The first kappa shape index (κ1) is 9.46. The predicted molar refractivity (Wildman–Crippen MR) is 55.1 cm³/mol. The molecule has 0 aromatic carbocycles. The number of nitrogens with one attached hydrogen (secondary N) is 2. The van der Waals surface area contributed by atoms with E-state index in [2.05, 4.69) is 15.3 Å². The molecule has 0 aliphatic heterocycles. The lowest BCUT2D eigenvalue weighted by Gasteiger charge is -2.03. The summed E-state index contributed by atoms with van der Waals surface area (Å²) in [6.45, 7) is 1.14. The highest BCUT2D eigenvalue weighted by Gasteiger charge is 2.02. The van der Waals surface area contributed by atoms with Crippen molar-refractivity contribution in [2.24, 2.45) is 5.73 Å². The second-order valence-electron chi connectivity index (χ2n) is 2.11. The van der Waals surface area contributed by atoms with Crippen molar-refractivity contribution in [2.45, 2.75) is 0 Å². The Morgan fingerprint density at radius 2 is 2.50 bits per heavy atom. The van der Waals surface area contributed by atoms with Crippen molar-refractivity contribution < 1.29 is 0 Å². The van der Waals surface area contributed by atoms with Gasteiger partial charge in [0.15, 0.2) is 0 Å². The van der Waals surface area contributed by atoms with E-state index < -0.39 is 0 Å². The first-order valence-corrected chi connectivity index (χ1v) is 4.50. The van der Waals surface area contributed by atoms with Crippen molar-refractivity contribution in [2.75, 3.05) is 18.4 Å². The zero-order chi connectivity index (χ0) is 8.97. The van der Waals surface area contributed by atoms with E-state index in [9.17, 15) is 4.79 Å². The van der Waals surface area contributed by atoms with E-state index in [0.29, 0.717) is 22.5 Å². The van der Waals surface area contributed by atoms with Crippen LogP contribution in [0.15, 0.2) is 11.1 Å². The van der Waals surface area contributed by atoms with Gasteiger partial charge in [0, 0.05) is 13.1 Å². The van der Waals surface area contributed by atoms with Crippen molar-refractivity contribution in [3.8, 4) is 0 Å². The molecule has 0 fully saturated rings. The fourth-order valence-corrected chi connectivity index (χ4v) is 1.18. The smallest absolute Gasteiger partial charge is 0.266 e. The van der Waals surface area contributed by atoms with Gasteiger partial charge in [0.25, 0.3) is 5.56 Å². The fraction of sp³-hybridized carbons (Fsp3) is 0.333. The molecule has 12 heavy (non-hydrogen) atoms. The van der Waals surface area contributed by atoms with Gasteiger partial charge in [-0.05, 0) is 22.6 Å². The molecule has 0 amide bonds. The largest absolute Gasteiger partial charge is 0.368 e. The van der Waals surface area contributed by atoms with Gasteiger partial charge >= 0.3 is 0 Å². The van der Waals surface area contributed by atoms with E-state index in [4.69, 9.17) is 5.73 Å². The number of nitrogens with two attached hydrogens (primary N) is 1. The summed E-state index contributed by atoms with van der Waals surface area (Å²) in [4.78, 5) is 17.4. The van der Waals surface area contributed by atoms with Crippen molar-refractivity contribution in [3.63, 3.8) is 0 Å². The average Bonchev–Trinajstić information content (AvgIpc) is 2.08. The lowest BCUT2D eigenvalue weighted by Crippen LogP contribution is -2.19. The monoisotopic (exact) mass is 280 g/mol. The Kier molecular flexibility index (Phi) is 3.48. The Hall–Kier alpha value is -0.630. The lowest BCUT2D eigenvalue weighted by molar-refractivity contribution is 0.993. The molecule has 0 atom stereocenters. The normalized spacial score (nSPS) is 9.83. The quantitative estimate of drug-likeness (QED) is 0.666. The van der Waals surface area contributed by atoms with E-state index in [1.165, 1.54) is 6.33 Å². The molecule has 0 bridgehead atoms. The SMILES string of the molecule is NCCNc1nc[nH]c(=O)c1I. The van der Waals surface area contributed by atoms with Crippen LogP contribution in [0.4, 0.5) is 5.82 Å². The van der Waals surface area contributed by atoms with Gasteiger partial charge in [0.2, 0.25) is 0 Å². The molecule has 0 saturated carbocycles. The Morgan fingerprint density at radius 3 is 3.17 bits per heavy atom. The zero-order valence-electron chi connectivity index (χ0n) is 6.30. The maximum atomic E-state index is 11.0. The third-order valence-electron chi connectivity index (χ3n) is 1.23. The number of anilines is 1. The second-order valence-corrected chi connectivity index (χ2v) is 3.19. The molecule has 0 spiro atoms. The second kappa shape index (κ2) is 4.41. The molecular formula is C6H9IN4O. The highest BCUT2D eigenvalue weighted by atomic mass is 127. The highest BCUT2D eigenvalue weighted by Crippen LogP contribution is 2.07. The van der Waals surface area contributed by atoms with Crippen LogP contribution in [0.25, 0.3) is 0 Å². The molecule has 5 nitrogen and oxygen atoms in total. The van der Waals surface area contributed by atoms with Crippen LogP contribution in [0, 0.1) is 3.57 Å². The first-order valence-electron chi connectivity index (χ1n) is 3.43. The maximum absolute atomic E-state index is 11.0. The van der Waals surface area contributed by atoms with Crippen LogP contribution in [0.5, 0.6) is 0 Å². The summed E-state index contributed by atoms with van der Waals surface area (Å²) in [5.74, 6) is 0.588. The third-order valence-corrected chi connectivity index (χ3v) is 2.23. The minimum Gasteiger partial charge on any atom is -0.368 e. The van der Waals surface area contributed by atoms with Gasteiger partial charge in [-0.2, -0.15) is 0 Å². The molecule has 66 valence electrons. The van der Waals surface area contributed by atoms with Crippen LogP contribution >= 0.6 is 22.6 Å². The number of rotatable bonds is 3. The number of H-pyrrole nitrogens is 1. The minimum atomic E-state index is -0.134. The van der Waals surface area contributed by atoms with Crippen molar-refractivity contribution >= 4 is 28.4 Å². The molecular weight excluding hydrogens is 271 g/mol. The zero-order valence-corrected chi connectivity index (χ0v) is 8.46. The van der Waals surface area contributed by atoms with E-state index in [1.54, 1.807) is 0 Å². The molecule has 0 saturated heterocycles. The summed E-state index contributed by atoms with van der Waals surface area (Å²) >= 11 is 1.94. The minimum absolute atomic E-state index is 0.134. The highest BCUT2D eigenvalue weighted by molar-refractivity contribution is 14.1. The molecule has 1 heterocycles. The number of hydrogen-bond donors (Lipinski definition) is 3. The summed E-state index contributed by atoms with van der Waals surface area (Å²) in [5.41, 5.74) is 5.15. The van der Waals surface area contributed by atoms with Gasteiger partial charge in [-0.3, -0.25) is 4.79 Å².